The topological polar surface area (TPSA) is 61.9 Å². The van der Waals surface area contributed by atoms with Crippen LogP contribution in [0.25, 0.3) is 10.9 Å². The molecule has 2 aromatic heterocycles. The van der Waals surface area contributed by atoms with E-state index < -0.39 is 0 Å². The number of hydrogen-bond acceptors (Lipinski definition) is 4. The van der Waals surface area contributed by atoms with Crippen molar-refractivity contribution in [2.75, 3.05) is 5.32 Å². The summed E-state index contributed by atoms with van der Waals surface area (Å²) >= 11 is 0. The van der Waals surface area contributed by atoms with Gasteiger partial charge in [-0.15, -0.1) is 0 Å². The number of rotatable bonds is 3. The van der Waals surface area contributed by atoms with Crippen LogP contribution in [0.15, 0.2) is 46.9 Å². The molecule has 0 amide bonds. The number of hydrogen-bond donors (Lipinski definition) is 1. The van der Waals surface area contributed by atoms with Crippen LogP contribution in [0.3, 0.4) is 0 Å². The third-order valence-corrected chi connectivity index (χ3v) is 3.39. The lowest BCUT2D eigenvalue weighted by Gasteiger charge is -2.14. The van der Waals surface area contributed by atoms with Crippen LogP contribution in [0.1, 0.15) is 30.0 Å². The van der Waals surface area contributed by atoms with Gasteiger partial charge in [-0.1, -0.05) is 18.2 Å². The van der Waals surface area contributed by atoms with E-state index in [2.05, 4.69) is 16.4 Å². The highest BCUT2D eigenvalue weighted by Crippen LogP contribution is 2.25. The molecule has 3 rings (SSSR count). The molecular formula is C17H15N3O. The molecule has 0 spiro atoms. The molecule has 1 unspecified atom stereocenters. The van der Waals surface area contributed by atoms with Gasteiger partial charge in [0.1, 0.15) is 23.4 Å². The molecule has 4 heteroatoms. The van der Waals surface area contributed by atoms with Gasteiger partial charge in [0.2, 0.25) is 0 Å². The van der Waals surface area contributed by atoms with Crippen molar-refractivity contribution in [2.24, 2.45) is 0 Å². The average molecular weight is 277 g/mol. The van der Waals surface area contributed by atoms with Gasteiger partial charge >= 0.3 is 0 Å². The second-order valence-corrected chi connectivity index (χ2v) is 5.00. The molecule has 0 saturated carbocycles. The van der Waals surface area contributed by atoms with E-state index in [-0.39, 0.29) is 6.04 Å². The van der Waals surface area contributed by atoms with Crippen molar-refractivity contribution in [2.45, 2.75) is 19.9 Å². The Balaban J connectivity index is 1.97. The van der Waals surface area contributed by atoms with E-state index >= 15 is 0 Å². The Morgan fingerprint density at radius 1 is 1.24 bits per heavy atom. The fraction of sp³-hybridized carbons (Fsp3) is 0.176. The first-order chi connectivity index (χ1) is 10.2. The van der Waals surface area contributed by atoms with E-state index in [1.807, 2.05) is 56.3 Å². The van der Waals surface area contributed by atoms with Crippen LogP contribution in [0, 0.1) is 18.3 Å². The highest BCUT2D eigenvalue weighted by Gasteiger charge is 2.13. The number of benzene rings is 1. The highest BCUT2D eigenvalue weighted by atomic mass is 16.3. The zero-order chi connectivity index (χ0) is 14.8. The van der Waals surface area contributed by atoms with E-state index in [1.54, 1.807) is 0 Å². The van der Waals surface area contributed by atoms with Gasteiger partial charge in [0.25, 0.3) is 0 Å². The van der Waals surface area contributed by atoms with Gasteiger partial charge < -0.3 is 9.73 Å². The average Bonchev–Trinajstić information content (AvgIpc) is 2.93. The molecule has 21 heavy (non-hydrogen) atoms. The molecule has 2 heterocycles. The molecule has 1 aromatic carbocycles. The van der Waals surface area contributed by atoms with Crippen LogP contribution in [-0.4, -0.2) is 4.98 Å². The van der Waals surface area contributed by atoms with E-state index in [1.165, 1.54) is 0 Å². The Morgan fingerprint density at radius 2 is 2.05 bits per heavy atom. The standard InChI is InChI=1S/C17H15N3O/c1-11-7-8-16(21-11)12(2)19-17-14(10-18)9-13-5-3-4-6-15(13)20-17/h3-9,12H,1-2H3,(H,19,20). The molecule has 0 aliphatic rings. The molecule has 1 N–H and O–H groups in total. The number of pyridine rings is 1. The zero-order valence-corrected chi connectivity index (χ0v) is 11.9. The second kappa shape index (κ2) is 5.29. The van der Waals surface area contributed by atoms with Gasteiger partial charge in [0.15, 0.2) is 0 Å². The minimum atomic E-state index is -0.0561. The lowest BCUT2D eigenvalue weighted by Crippen LogP contribution is -2.08. The van der Waals surface area contributed by atoms with Crippen molar-refractivity contribution < 1.29 is 4.42 Å². The fourth-order valence-corrected chi connectivity index (χ4v) is 2.27. The maximum atomic E-state index is 9.31. The van der Waals surface area contributed by atoms with Crippen molar-refractivity contribution in [3.8, 4) is 6.07 Å². The largest absolute Gasteiger partial charge is 0.464 e. The molecule has 3 aromatic rings. The molecule has 0 aliphatic heterocycles. The third kappa shape index (κ3) is 2.59. The number of nitrogens with one attached hydrogen (secondary N) is 1. The van der Waals surface area contributed by atoms with E-state index in [0.29, 0.717) is 11.4 Å². The Morgan fingerprint density at radius 3 is 2.76 bits per heavy atom. The van der Waals surface area contributed by atoms with Crippen LogP contribution in [0.5, 0.6) is 0 Å². The molecule has 0 aliphatic carbocycles. The van der Waals surface area contributed by atoms with E-state index in [4.69, 9.17) is 4.42 Å². The van der Waals surface area contributed by atoms with Crippen molar-refractivity contribution >= 4 is 16.7 Å². The summed E-state index contributed by atoms with van der Waals surface area (Å²) in [6, 6.07) is 15.6. The monoisotopic (exact) mass is 277 g/mol. The maximum absolute atomic E-state index is 9.31. The molecule has 1 atom stereocenters. The number of fused-ring (bicyclic) bond motifs is 1. The SMILES string of the molecule is Cc1ccc(C(C)Nc2nc3ccccc3cc2C#N)o1. The fourth-order valence-electron chi connectivity index (χ4n) is 2.27. The van der Waals surface area contributed by atoms with Crippen molar-refractivity contribution in [1.29, 1.82) is 5.26 Å². The van der Waals surface area contributed by atoms with Gasteiger partial charge in [-0.05, 0) is 38.1 Å². The summed E-state index contributed by atoms with van der Waals surface area (Å²) in [6.07, 6.45) is 0. The maximum Gasteiger partial charge on any atom is 0.145 e. The summed E-state index contributed by atoms with van der Waals surface area (Å²) in [4.78, 5) is 4.54. The summed E-state index contributed by atoms with van der Waals surface area (Å²) in [7, 11) is 0. The minimum absolute atomic E-state index is 0.0561. The van der Waals surface area contributed by atoms with E-state index in [9.17, 15) is 5.26 Å². The van der Waals surface area contributed by atoms with Crippen molar-refractivity contribution in [1.82, 2.24) is 4.98 Å². The van der Waals surface area contributed by atoms with Gasteiger partial charge in [-0.3, -0.25) is 0 Å². The predicted molar refractivity (Wildman–Crippen MR) is 81.9 cm³/mol. The Kier molecular flexibility index (Phi) is 3.33. The Bertz CT molecular complexity index is 829. The number of aromatic nitrogens is 1. The normalized spacial score (nSPS) is 12.0. The predicted octanol–water partition coefficient (Wildman–Crippen LogP) is 4.18. The molecule has 104 valence electrons. The number of nitrogens with zero attached hydrogens (tertiary/aromatic N) is 2. The summed E-state index contributed by atoms with van der Waals surface area (Å²) in [5.41, 5.74) is 1.39. The lowest BCUT2D eigenvalue weighted by molar-refractivity contribution is 0.466. The smallest absolute Gasteiger partial charge is 0.145 e. The lowest BCUT2D eigenvalue weighted by atomic mass is 10.1. The van der Waals surface area contributed by atoms with Gasteiger partial charge in [-0.2, -0.15) is 5.26 Å². The van der Waals surface area contributed by atoms with E-state index in [0.717, 1.165) is 22.4 Å². The van der Waals surface area contributed by atoms with Crippen LogP contribution >= 0.6 is 0 Å². The van der Waals surface area contributed by atoms with Crippen LogP contribution < -0.4 is 5.32 Å². The molecule has 0 saturated heterocycles. The third-order valence-electron chi connectivity index (χ3n) is 3.39. The Labute approximate surface area is 123 Å². The number of aryl methyl sites for hydroxylation is 1. The van der Waals surface area contributed by atoms with Crippen LogP contribution in [0.4, 0.5) is 5.82 Å². The van der Waals surface area contributed by atoms with Crippen LogP contribution in [-0.2, 0) is 0 Å². The molecule has 0 bridgehead atoms. The van der Waals surface area contributed by atoms with Crippen molar-refractivity contribution in [3.63, 3.8) is 0 Å². The van der Waals surface area contributed by atoms with Crippen LogP contribution in [0.2, 0.25) is 0 Å². The quantitative estimate of drug-likeness (QED) is 0.780. The van der Waals surface area contributed by atoms with Gasteiger partial charge in [0.05, 0.1) is 17.1 Å². The molecule has 0 fully saturated rings. The molecule has 0 radical (unpaired) electrons. The summed E-state index contributed by atoms with van der Waals surface area (Å²) in [5.74, 6) is 2.27. The first kappa shape index (κ1) is 13.2. The number of nitriles is 1. The number of para-hydroxylation sites is 1. The summed E-state index contributed by atoms with van der Waals surface area (Å²) < 4.78 is 5.61. The highest BCUT2D eigenvalue weighted by molar-refractivity contribution is 5.82. The first-order valence-corrected chi connectivity index (χ1v) is 6.80. The Hall–Kier alpha value is -2.80. The first-order valence-electron chi connectivity index (χ1n) is 6.80. The zero-order valence-electron chi connectivity index (χ0n) is 11.9. The minimum Gasteiger partial charge on any atom is -0.464 e. The number of furan rings is 1. The van der Waals surface area contributed by atoms with Crippen molar-refractivity contribution in [3.05, 3.63) is 59.5 Å². The summed E-state index contributed by atoms with van der Waals surface area (Å²) in [5, 5.41) is 13.5. The summed E-state index contributed by atoms with van der Waals surface area (Å²) in [6.45, 7) is 3.89. The van der Waals surface area contributed by atoms with Gasteiger partial charge in [-0.25, -0.2) is 4.98 Å². The second-order valence-electron chi connectivity index (χ2n) is 5.00. The molecular weight excluding hydrogens is 262 g/mol. The number of anilines is 1. The molecule has 4 nitrogen and oxygen atoms in total. The van der Waals surface area contributed by atoms with Gasteiger partial charge in [0, 0.05) is 5.39 Å².